The van der Waals surface area contributed by atoms with Crippen LogP contribution in [-0.4, -0.2) is 31.8 Å². The summed E-state index contributed by atoms with van der Waals surface area (Å²) >= 11 is 0. The van der Waals surface area contributed by atoms with Gasteiger partial charge in [-0.25, -0.2) is 0 Å². The highest BCUT2D eigenvalue weighted by Crippen LogP contribution is 1.95. The predicted octanol–water partition coefficient (Wildman–Crippen LogP) is -0.503. The van der Waals surface area contributed by atoms with E-state index < -0.39 is 10.3 Å². The van der Waals surface area contributed by atoms with Gasteiger partial charge in [0.05, 0.1) is 11.4 Å². The van der Waals surface area contributed by atoms with E-state index in [-0.39, 0.29) is 0 Å². The van der Waals surface area contributed by atoms with Gasteiger partial charge in [-0.05, 0) is 6.08 Å². The number of hydrogen-bond acceptors (Lipinski definition) is 3. The first-order chi connectivity index (χ1) is 4.20. The molecule has 9 heavy (non-hydrogen) atoms. The molecule has 1 aliphatic rings. The Morgan fingerprint density at radius 2 is 2.33 bits per heavy atom. The van der Waals surface area contributed by atoms with Crippen molar-refractivity contribution in [1.29, 1.82) is 0 Å². The highest BCUT2D eigenvalue weighted by atomic mass is 32.2. The van der Waals surface area contributed by atoms with Crippen LogP contribution in [0.2, 0.25) is 0 Å². The van der Waals surface area contributed by atoms with Crippen molar-refractivity contribution in [2.45, 2.75) is 0 Å². The van der Waals surface area contributed by atoms with Crippen LogP contribution in [0.3, 0.4) is 0 Å². The molecular formula is C5H7NO2S. The quantitative estimate of drug-likeness (QED) is 0.431. The highest BCUT2D eigenvalue weighted by Gasteiger charge is 2.05. The predicted molar refractivity (Wildman–Crippen MR) is 35.7 cm³/mol. The van der Waals surface area contributed by atoms with Crippen molar-refractivity contribution in [1.82, 2.24) is 4.90 Å². The highest BCUT2D eigenvalue weighted by molar-refractivity contribution is 7.73. The molecule has 0 radical (unpaired) electrons. The molecule has 0 spiro atoms. The van der Waals surface area contributed by atoms with Crippen LogP contribution in [0.25, 0.3) is 0 Å². The fourth-order valence-corrected chi connectivity index (χ4v) is 1.15. The van der Waals surface area contributed by atoms with Crippen LogP contribution < -0.4 is 0 Å². The molecule has 0 aliphatic carbocycles. The van der Waals surface area contributed by atoms with E-state index in [0.717, 1.165) is 0 Å². The molecule has 0 unspecified atom stereocenters. The van der Waals surface area contributed by atoms with Crippen molar-refractivity contribution in [2.75, 3.05) is 13.6 Å². The summed E-state index contributed by atoms with van der Waals surface area (Å²) in [7, 11) is -0.194. The molecule has 1 rings (SSSR count). The van der Waals surface area contributed by atoms with E-state index in [2.05, 4.69) is 0 Å². The molecule has 0 aromatic rings. The summed E-state index contributed by atoms with van der Waals surface area (Å²) in [6, 6.07) is 0. The maximum absolute atomic E-state index is 10.2. The van der Waals surface area contributed by atoms with E-state index in [0.29, 0.717) is 11.4 Å². The second-order valence-electron chi connectivity index (χ2n) is 1.93. The normalized spacial score (nSPS) is 17.0. The molecule has 0 N–H and O–H groups in total. The summed E-state index contributed by atoms with van der Waals surface area (Å²) in [5.74, 6) is 0. The fourth-order valence-electron chi connectivity index (χ4n) is 0.670. The van der Waals surface area contributed by atoms with E-state index in [1.807, 2.05) is 11.9 Å². The molecule has 0 atom stereocenters. The van der Waals surface area contributed by atoms with Crippen molar-refractivity contribution in [3.8, 4) is 0 Å². The lowest BCUT2D eigenvalue weighted by atomic mass is 10.5. The molecule has 0 aromatic carbocycles. The number of hydrogen-bond donors (Lipinski definition) is 0. The third-order valence-corrected chi connectivity index (χ3v) is 1.83. The smallest absolute Gasteiger partial charge is 0.219 e. The van der Waals surface area contributed by atoms with Gasteiger partial charge in [-0.3, -0.25) is 0 Å². The van der Waals surface area contributed by atoms with Crippen LogP contribution in [0.4, 0.5) is 0 Å². The van der Waals surface area contributed by atoms with Crippen molar-refractivity contribution in [3.05, 3.63) is 12.3 Å². The van der Waals surface area contributed by atoms with Crippen LogP contribution in [0, 0.1) is 0 Å². The lowest BCUT2D eigenvalue weighted by molar-refractivity contribution is 0.541. The SMILES string of the molecule is CN1C=CC(=S(=O)=O)C1. The minimum absolute atomic E-state index is 0.456. The van der Waals surface area contributed by atoms with Gasteiger partial charge in [0, 0.05) is 13.2 Å². The van der Waals surface area contributed by atoms with Gasteiger partial charge in [0.1, 0.15) is 0 Å². The van der Waals surface area contributed by atoms with E-state index in [4.69, 9.17) is 0 Å². The Morgan fingerprint density at radius 3 is 2.56 bits per heavy atom. The molecule has 0 amide bonds. The summed E-state index contributed by atoms with van der Waals surface area (Å²) in [5.41, 5.74) is 0. The van der Waals surface area contributed by atoms with Gasteiger partial charge in [-0.15, -0.1) is 0 Å². The average Bonchev–Trinajstić information content (AvgIpc) is 2.14. The first-order valence-electron chi connectivity index (χ1n) is 2.53. The summed E-state index contributed by atoms with van der Waals surface area (Å²) in [4.78, 5) is 2.27. The van der Waals surface area contributed by atoms with Gasteiger partial charge in [0.25, 0.3) is 0 Å². The molecule has 50 valence electrons. The Labute approximate surface area is 55.1 Å². The van der Waals surface area contributed by atoms with Crippen LogP contribution in [0.1, 0.15) is 0 Å². The van der Waals surface area contributed by atoms with Gasteiger partial charge in [-0.1, -0.05) is 0 Å². The zero-order valence-electron chi connectivity index (χ0n) is 5.03. The summed E-state index contributed by atoms with van der Waals surface area (Å²) in [6.07, 6.45) is 3.34. The summed E-state index contributed by atoms with van der Waals surface area (Å²) in [6.45, 7) is 0.510. The monoisotopic (exact) mass is 145 g/mol. The van der Waals surface area contributed by atoms with Crippen LogP contribution in [0.15, 0.2) is 12.3 Å². The zero-order valence-corrected chi connectivity index (χ0v) is 5.85. The Kier molecular flexibility index (Phi) is 1.57. The molecule has 0 saturated heterocycles. The van der Waals surface area contributed by atoms with Crippen molar-refractivity contribution in [3.63, 3.8) is 0 Å². The van der Waals surface area contributed by atoms with E-state index in [9.17, 15) is 8.42 Å². The van der Waals surface area contributed by atoms with E-state index in [1.54, 1.807) is 12.3 Å². The van der Waals surface area contributed by atoms with E-state index >= 15 is 0 Å². The average molecular weight is 145 g/mol. The maximum atomic E-state index is 10.2. The van der Waals surface area contributed by atoms with Gasteiger partial charge in [0.2, 0.25) is 10.3 Å². The minimum Gasteiger partial charge on any atom is -0.375 e. The Morgan fingerprint density at radius 1 is 1.67 bits per heavy atom. The fraction of sp³-hybridized carbons (Fsp3) is 0.400. The first kappa shape index (κ1) is 6.35. The topological polar surface area (TPSA) is 37.4 Å². The van der Waals surface area contributed by atoms with Crippen molar-refractivity contribution in [2.24, 2.45) is 0 Å². The molecule has 4 heteroatoms. The number of nitrogens with zero attached hydrogens (tertiary/aromatic N) is 1. The van der Waals surface area contributed by atoms with E-state index in [1.165, 1.54) is 0 Å². The van der Waals surface area contributed by atoms with Gasteiger partial charge in [-0.2, -0.15) is 8.42 Å². The Balaban J connectivity index is 2.97. The zero-order chi connectivity index (χ0) is 6.85. The lowest BCUT2D eigenvalue weighted by Gasteiger charge is -2.02. The largest absolute Gasteiger partial charge is 0.375 e. The van der Waals surface area contributed by atoms with Crippen LogP contribution >= 0.6 is 0 Å². The first-order valence-corrected chi connectivity index (χ1v) is 3.61. The molecule has 0 fully saturated rings. The molecule has 1 aliphatic heterocycles. The Hall–Kier alpha value is -0.770. The van der Waals surface area contributed by atoms with Crippen molar-refractivity contribution >= 4 is 15.2 Å². The Bertz CT molecular complexity index is 255. The standard InChI is InChI=1S/C5H7NO2S/c1-6-3-2-5(4-6)9(7)8/h2-3H,4H2,1H3. The third-order valence-electron chi connectivity index (χ3n) is 1.13. The summed E-state index contributed by atoms with van der Waals surface area (Å²) in [5, 5.41) is 0. The van der Waals surface area contributed by atoms with Gasteiger partial charge >= 0.3 is 0 Å². The third kappa shape index (κ3) is 1.32. The van der Waals surface area contributed by atoms with Gasteiger partial charge in [0.15, 0.2) is 0 Å². The second kappa shape index (κ2) is 2.23. The second-order valence-corrected chi connectivity index (χ2v) is 2.93. The number of rotatable bonds is 0. The molecule has 1 heterocycles. The van der Waals surface area contributed by atoms with Crippen LogP contribution in [-0.2, 0) is 10.3 Å². The molecule has 3 nitrogen and oxygen atoms in total. The van der Waals surface area contributed by atoms with Gasteiger partial charge < -0.3 is 4.90 Å². The van der Waals surface area contributed by atoms with Crippen LogP contribution in [0.5, 0.6) is 0 Å². The molecular weight excluding hydrogens is 138 g/mol. The lowest BCUT2D eigenvalue weighted by Crippen LogP contribution is -2.12. The molecule has 0 saturated carbocycles. The molecule has 0 bridgehead atoms. The summed E-state index contributed by atoms with van der Waals surface area (Å²) < 4.78 is 20.5. The minimum atomic E-state index is -2.02. The maximum Gasteiger partial charge on any atom is 0.219 e. The molecule has 0 aromatic heterocycles. The van der Waals surface area contributed by atoms with Crippen molar-refractivity contribution < 1.29 is 8.42 Å².